The Kier molecular flexibility index (Phi) is 14.3. The maximum atomic E-state index is 11.6. The molecule has 0 aliphatic heterocycles. The van der Waals surface area contributed by atoms with Gasteiger partial charge in [-0.05, 0) is 13.3 Å². The number of unbranched alkanes of at least 4 members (excludes halogenated alkanes) is 9. The molecule has 0 atom stereocenters. The van der Waals surface area contributed by atoms with E-state index in [1.807, 2.05) is 0 Å². The lowest BCUT2D eigenvalue weighted by Crippen LogP contribution is -2.08. The zero-order chi connectivity index (χ0) is 17.3. The molecule has 0 unspecified atom stereocenters. The molecule has 0 aliphatic rings. The fourth-order valence-electron chi connectivity index (χ4n) is 2.11. The standard InChI is InChI=1S/C19H32O4/c1-4-6-7-8-9-10-11-12-13-14-15-22-19(21)17(3)16-23-18(20)5-2/h5,16H,2,4,6-15H2,1,3H3. The van der Waals surface area contributed by atoms with Gasteiger partial charge in [0.05, 0.1) is 12.2 Å². The fraction of sp³-hybridized carbons (Fsp3) is 0.684. The summed E-state index contributed by atoms with van der Waals surface area (Å²) in [4.78, 5) is 22.5. The van der Waals surface area contributed by atoms with Crippen LogP contribution in [0, 0.1) is 0 Å². The van der Waals surface area contributed by atoms with Gasteiger partial charge >= 0.3 is 11.9 Å². The summed E-state index contributed by atoms with van der Waals surface area (Å²) in [6.45, 7) is 7.47. The number of hydrogen-bond donors (Lipinski definition) is 0. The van der Waals surface area contributed by atoms with Crippen molar-refractivity contribution in [2.45, 2.75) is 78.1 Å². The quantitative estimate of drug-likeness (QED) is 0.193. The molecule has 132 valence electrons. The van der Waals surface area contributed by atoms with Gasteiger partial charge in [0.1, 0.15) is 6.26 Å². The Hall–Kier alpha value is -1.58. The van der Waals surface area contributed by atoms with E-state index in [0.717, 1.165) is 25.2 Å². The monoisotopic (exact) mass is 324 g/mol. The molecule has 0 aromatic heterocycles. The van der Waals surface area contributed by atoms with Crippen molar-refractivity contribution in [2.75, 3.05) is 6.61 Å². The number of carbonyl (C=O) groups excluding carboxylic acids is 2. The average molecular weight is 324 g/mol. The molecule has 0 aromatic rings. The third kappa shape index (κ3) is 13.8. The van der Waals surface area contributed by atoms with E-state index in [-0.39, 0.29) is 5.57 Å². The second-order valence-corrected chi connectivity index (χ2v) is 5.76. The van der Waals surface area contributed by atoms with E-state index in [2.05, 4.69) is 18.2 Å². The summed E-state index contributed by atoms with van der Waals surface area (Å²) < 4.78 is 9.78. The smallest absolute Gasteiger partial charge is 0.336 e. The first-order valence-corrected chi connectivity index (χ1v) is 8.78. The highest BCUT2D eigenvalue weighted by Gasteiger charge is 2.06. The van der Waals surface area contributed by atoms with Gasteiger partial charge < -0.3 is 9.47 Å². The van der Waals surface area contributed by atoms with Crippen LogP contribution in [0.2, 0.25) is 0 Å². The third-order valence-electron chi connectivity index (χ3n) is 3.57. The normalized spacial score (nSPS) is 11.1. The molecule has 0 fully saturated rings. The molecule has 0 bridgehead atoms. The topological polar surface area (TPSA) is 52.6 Å². The summed E-state index contributed by atoms with van der Waals surface area (Å²) in [7, 11) is 0. The Morgan fingerprint density at radius 3 is 1.96 bits per heavy atom. The maximum Gasteiger partial charge on any atom is 0.336 e. The highest BCUT2D eigenvalue weighted by molar-refractivity contribution is 5.88. The summed E-state index contributed by atoms with van der Waals surface area (Å²) in [5.74, 6) is -1.04. The van der Waals surface area contributed by atoms with Crippen LogP contribution in [0.25, 0.3) is 0 Å². The zero-order valence-electron chi connectivity index (χ0n) is 14.8. The van der Waals surface area contributed by atoms with E-state index in [9.17, 15) is 9.59 Å². The number of carbonyl (C=O) groups is 2. The van der Waals surface area contributed by atoms with Crippen LogP contribution in [0.15, 0.2) is 24.5 Å². The van der Waals surface area contributed by atoms with Crippen molar-refractivity contribution in [3.8, 4) is 0 Å². The van der Waals surface area contributed by atoms with E-state index < -0.39 is 11.9 Å². The van der Waals surface area contributed by atoms with Crippen molar-refractivity contribution in [2.24, 2.45) is 0 Å². The minimum atomic E-state index is -0.591. The molecule has 4 heteroatoms. The first-order chi connectivity index (χ1) is 11.1. The lowest BCUT2D eigenvalue weighted by atomic mass is 10.1. The van der Waals surface area contributed by atoms with Crippen LogP contribution >= 0.6 is 0 Å². The van der Waals surface area contributed by atoms with Crippen LogP contribution in [0.5, 0.6) is 0 Å². The fourth-order valence-corrected chi connectivity index (χ4v) is 2.11. The van der Waals surface area contributed by atoms with Crippen molar-refractivity contribution in [1.29, 1.82) is 0 Å². The van der Waals surface area contributed by atoms with Gasteiger partial charge in [-0.2, -0.15) is 0 Å². The van der Waals surface area contributed by atoms with Crippen molar-refractivity contribution < 1.29 is 19.1 Å². The van der Waals surface area contributed by atoms with Crippen LogP contribution < -0.4 is 0 Å². The number of rotatable bonds is 14. The Balaban J connectivity index is 3.48. The van der Waals surface area contributed by atoms with Crippen LogP contribution in [0.4, 0.5) is 0 Å². The summed E-state index contributed by atoms with van der Waals surface area (Å²) >= 11 is 0. The van der Waals surface area contributed by atoms with Gasteiger partial charge in [0.2, 0.25) is 0 Å². The van der Waals surface area contributed by atoms with Crippen LogP contribution in [0.1, 0.15) is 78.1 Å². The van der Waals surface area contributed by atoms with Gasteiger partial charge in [0.15, 0.2) is 0 Å². The second-order valence-electron chi connectivity index (χ2n) is 5.76. The molecule has 0 amide bonds. The molecule has 0 radical (unpaired) electrons. The molecule has 4 nitrogen and oxygen atoms in total. The van der Waals surface area contributed by atoms with Gasteiger partial charge in [0.25, 0.3) is 0 Å². The molecule has 0 saturated heterocycles. The molecular weight excluding hydrogens is 292 g/mol. The Labute approximate surface area is 140 Å². The Morgan fingerprint density at radius 1 is 0.913 bits per heavy atom. The summed E-state index contributed by atoms with van der Waals surface area (Å²) in [5, 5.41) is 0. The minimum Gasteiger partial charge on any atom is -0.462 e. The largest absolute Gasteiger partial charge is 0.462 e. The van der Waals surface area contributed by atoms with E-state index in [4.69, 9.17) is 4.74 Å². The average Bonchev–Trinajstić information content (AvgIpc) is 2.56. The summed E-state index contributed by atoms with van der Waals surface area (Å²) in [5.41, 5.74) is 0.271. The molecule has 23 heavy (non-hydrogen) atoms. The molecule has 0 rings (SSSR count). The van der Waals surface area contributed by atoms with Gasteiger partial charge in [-0.1, -0.05) is 71.3 Å². The van der Waals surface area contributed by atoms with Crippen molar-refractivity contribution >= 4 is 11.9 Å². The van der Waals surface area contributed by atoms with Crippen LogP contribution in [0.3, 0.4) is 0 Å². The molecule has 0 saturated carbocycles. The Morgan fingerprint density at radius 2 is 1.43 bits per heavy atom. The van der Waals surface area contributed by atoms with Crippen molar-refractivity contribution in [3.05, 3.63) is 24.5 Å². The van der Waals surface area contributed by atoms with E-state index in [0.29, 0.717) is 6.61 Å². The predicted octanol–water partition coefficient (Wildman–Crippen LogP) is 5.08. The third-order valence-corrected chi connectivity index (χ3v) is 3.57. The highest BCUT2D eigenvalue weighted by Crippen LogP contribution is 2.10. The number of hydrogen-bond acceptors (Lipinski definition) is 4. The molecular formula is C19H32O4. The molecule has 0 heterocycles. The van der Waals surface area contributed by atoms with Crippen LogP contribution in [-0.4, -0.2) is 18.5 Å². The van der Waals surface area contributed by atoms with Crippen molar-refractivity contribution in [3.63, 3.8) is 0 Å². The first-order valence-electron chi connectivity index (χ1n) is 8.78. The van der Waals surface area contributed by atoms with E-state index in [1.165, 1.54) is 51.4 Å². The van der Waals surface area contributed by atoms with Gasteiger partial charge in [-0.3, -0.25) is 0 Å². The van der Waals surface area contributed by atoms with Crippen LogP contribution in [-0.2, 0) is 19.1 Å². The lowest BCUT2D eigenvalue weighted by Gasteiger charge is -2.05. The van der Waals surface area contributed by atoms with E-state index in [1.54, 1.807) is 6.92 Å². The first kappa shape index (κ1) is 21.4. The predicted molar refractivity (Wildman–Crippen MR) is 92.8 cm³/mol. The van der Waals surface area contributed by atoms with Crippen molar-refractivity contribution in [1.82, 2.24) is 0 Å². The summed E-state index contributed by atoms with van der Waals surface area (Å²) in [6, 6.07) is 0. The van der Waals surface area contributed by atoms with Gasteiger partial charge in [0, 0.05) is 6.08 Å². The van der Waals surface area contributed by atoms with Gasteiger partial charge in [-0.25, -0.2) is 9.59 Å². The SMILES string of the molecule is C=CC(=O)OC=C(C)C(=O)OCCCCCCCCCCCC. The maximum absolute atomic E-state index is 11.6. The van der Waals surface area contributed by atoms with Gasteiger partial charge in [-0.15, -0.1) is 0 Å². The highest BCUT2D eigenvalue weighted by atomic mass is 16.5. The number of esters is 2. The second kappa shape index (κ2) is 15.3. The molecule has 0 aliphatic carbocycles. The number of ether oxygens (including phenoxy) is 2. The zero-order valence-corrected chi connectivity index (χ0v) is 14.8. The minimum absolute atomic E-state index is 0.271. The molecule has 0 N–H and O–H groups in total. The lowest BCUT2D eigenvalue weighted by molar-refractivity contribution is -0.139. The summed E-state index contributed by atoms with van der Waals surface area (Å²) in [6.07, 6.45) is 14.6. The molecule has 0 spiro atoms. The Bertz CT molecular complexity index is 372. The molecule has 0 aromatic carbocycles. The van der Waals surface area contributed by atoms with E-state index >= 15 is 0 Å².